The highest BCUT2D eigenvalue weighted by molar-refractivity contribution is 6.09. The Kier molecular flexibility index (Phi) is 4.39. The van der Waals surface area contributed by atoms with Crippen LogP contribution in [0, 0.1) is 25.7 Å². The lowest BCUT2D eigenvalue weighted by Gasteiger charge is -2.18. The standard InChI is InChI=1S/C18H25N3O2/c1-11-7-12(2)9-14(8-11)21-6-5-15(18(21)23)17(22)20-10-16(19)13-3-4-13/h7-9,13,15-16H,3-6,10,19H2,1-2H3,(H,20,22). The molecular formula is C18H25N3O2. The van der Waals surface area contributed by atoms with Crippen LogP contribution in [0.1, 0.15) is 30.4 Å². The second kappa shape index (κ2) is 6.32. The molecule has 0 spiro atoms. The topological polar surface area (TPSA) is 75.4 Å². The average molecular weight is 315 g/mol. The molecule has 23 heavy (non-hydrogen) atoms. The zero-order valence-corrected chi connectivity index (χ0v) is 13.8. The smallest absolute Gasteiger partial charge is 0.239 e. The van der Waals surface area contributed by atoms with E-state index >= 15 is 0 Å². The quantitative estimate of drug-likeness (QED) is 0.809. The molecule has 1 aliphatic carbocycles. The molecule has 2 fully saturated rings. The van der Waals surface area contributed by atoms with Crippen LogP contribution in [-0.2, 0) is 9.59 Å². The number of hydrogen-bond acceptors (Lipinski definition) is 3. The summed E-state index contributed by atoms with van der Waals surface area (Å²) < 4.78 is 0. The summed E-state index contributed by atoms with van der Waals surface area (Å²) in [7, 11) is 0. The van der Waals surface area contributed by atoms with E-state index in [1.165, 1.54) is 0 Å². The first-order valence-electron chi connectivity index (χ1n) is 8.38. The van der Waals surface area contributed by atoms with Crippen molar-refractivity contribution < 1.29 is 9.59 Å². The summed E-state index contributed by atoms with van der Waals surface area (Å²) in [5.41, 5.74) is 9.13. The first-order valence-corrected chi connectivity index (χ1v) is 8.38. The fraction of sp³-hybridized carbons (Fsp3) is 0.556. The van der Waals surface area contributed by atoms with Crippen molar-refractivity contribution in [3.8, 4) is 0 Å². The van der Waals surface area contributed by atoms with Gasteiger partial charge in [0.05, 0.1) is 0 Å². The molecule has 2 atom stereocenters. The van der Waals surface area contributed by atoms with Gasteiger partial charge in [0.2, 0.25) is 11.8 Å². The van der Waals surface area contributed by atoms with Crippen molar-refractivity contribution in [2.75, 3.05) is 18.0 Å². The molecule has 3 N–H and O–H groups in total. The Morgan fingerprint density at radius 2 is 1.91 bits per heavy atom. The van der Waals surface area contributed by atoms with E-state index < -0.39 is 5.92 Å². The molecule has 2 unspecified atom stereocenters. The van der Waals surface area contributed by atoms with E-state index in [4.69, 9.17) is 5.73 Å². The van der Waals surface area contributed by atoms with Crippen molar-refractivity contribution in [1.82, 2.24) is 5.32 Å². The fourth-order valence-corrected chi connectivity index (χ4v) is 3.32. The van der Waals surface area contributed by atoms with Gasteiger partial charge in [0.1, 0.15) is 5.92 Å². The minimum Gasteiger partial charge on any atom is -0.354 e. The highest BCUT2D eigenvalue weighted by atomic mass is 16.2. The van der Waals surface area contributed by atoms with Crippen molar-refractivity contribution in [1.29, 1.82) is 0 Å². The molecule has 2 amide bonds. The Morgan fingerprint density at radius 1 is 1.26 bits per heavy atom. The van der Waals surface area contributed by atoms with Gasteiger partial charge in [-0.2, -0.15) is 0 Å². The number of amides is 2. The van der Waals surface area contributed by atoms with Gasteiger partial charge in [-0.05, 0) is 62.3 Å². The van der Waals surface area contributed by atoms with Gasteiger partial charge in [0.25, 0.3) is 0 Å². The number of aryl methyl sites for hydroxylation is 2. The minimum atomic E-state index is -0.581. The van der Waals surface area contributed by atoms with Gasteiger partial charge in [0, 0.05) is 24.8 Å². The predicted octanol–water partition coefficient (Wildman–Crippen LogP) is 1.51. The lowest BCUT2D eigenvalue weighted by molar-refractivity contribution is -0.132. The Balaban J connectivity index is 1.62. The molecular weight excluding hydrogens is 290 g/mol. The lowest BCUT2D eigenvalue weighted by atomic mass is 10.1. The Morgan fingerprint density at radius 3 is 2.52 bits per heavy atom. The van der Waals surface area contributed by atoms with E-state index in [-0.39, 0.29) is 17.9 Å². The zero-order valence-electron chi connectivity index (χ0n) is 13.8. The van der Waals surface area contributed by atoms with Crippen LogP contribution in [0.5, 0.6) is 0 Å². The van der Waals surface area contributed by atoms with E-state index in [2.05, 4.69) is 11.4 Å². The summed E-state index contributed by atoms with van der Waals surface area (Å²) in [5.74, 6) is -0.325. The number of nitrogens with one attached hydrogen (secondary N) is 1. The van der Waals surface area contributed by atoms with Gasteiger partial charge in [-0.25, -0.2) is 0 Å². The van der Waals surface area contributed by atoms with Crippen LogP contribution in [0.25, 0.3) is 0 Å². The number of carbonyl (C=O) groups excluding carboxylic acids is 2. The summed E-state index contributed by atoms with van der Waals surface area (Å²) in [6.07, 6.45) is 2.87. The van der Waals surface area contributed by atoms with Crippen LogP contribution in [-0.4, -0.2) is 30.9 Å². The summed E-state index contributed by atoms with van der Waals surface area (Å²) in [6.45, 7) is 5.09. The van der Waals surface area contributed by atoms with Crippen LogP contribution in [0.3, 0.4) is 0 Å². The van der Waals surface area contributed by atoms with Crippen molar-refractivity contribution in [2.45, 2.75) is 39.2 Å². The second-order valence-electron chi connectivity index (χ2n) is 6.92. The maximum absolute atomic E-state index is 12.6. The highest BCUT2D eigenvalue weighted by Crippen LogP contribution is 2.31. The predicted molar refractivity (Wildman–Crippen MR) is 90.1 cm³/mol. The van der Waals surface area contributed by atoms with Crippen molar-refractivity contribution in [3.05, 3.63) is 29.3 Å². The summed E-state index contributed by atoms with van der Waals surface area (Å²) in [5, 5.41) is 2.86. The summed E-state index contributed by atoms with van der Waals surface area (Å²) >= 11 is 0. The molecule has 0 aromatic heterocycles. The van der Waals surface area contributed by atoms with Gasteiger partial charge >= 0.3 is 0 Å². The molecule has 1 heterocycles. The number of rotatable bonds is 5. The third-order valence-corrected chi connectivity index (χ3v) is 4.78. The zero-order chi connectivity index (χ0) is 16.6. The van der Waals surface area contributed by atoms with Crippen LogP contribution >= 0.6 is 0 Å². The summed E-state index contributed by atoms with van der Waals surface area (Å²) in [6, 6.07) is 6.08. The fourth-order valence-electron chi connectivity index (χ4n) is 3.32. The van der Waals surface area contributed by atoms with Crippen LogP contribution < -0.4 is 16.0 Å². The van der Waals surface area contributed by atoms with Crippen molar-refractivity contribution in [3.63, 3.8) is 0 Å². The molecule has 1 saturated carbocycles. The largest absolute Gasteiger partial charge is 0.354 e. The van der Waals surface area contributed by atoms with Gasteiger partial charge in [-0.15, -0.1) is 0 Å². The maximum atomic E-state index is 12.6. The van der Waals surface area contributed by atoms with E-state index in [1.807, 2.05) is 26.0 Å². The third kappa shape index (κ3) is 3.55. The normalized spacial score (nSPS) is 22.3. The van der Waals surface area contributed by atoms with Crippen LogP contribution in [0.4, 0.5) is 5.69 Å². The Bertz CT molecular complexity index is 604. The number of anilines is 1. The SMILES string of the molecule is Cc1cc(C)cc(N2CCC(C(=O)NCC(N)C3CC3)C2=O)c1. The number of nitrogens with zero attached hydrogens (tertiary/aromatic N) is 1. The molecule has 1 aromatic rings. The van der Waals surface area contributed by atoms with Crippen LogP contribution in [0.15, 0.2) is 18.2 Å². The van der Waals surface area contributed by atoms with Gasteiger partial charge in [0.15, 0.2) is 0 Å². The lowest BCUT2D eigenvalue weighted by Crippen LogP contribution is -2.43. The molecule has 0 radical (unpaired) electrons. The molecule has 5 nitrogen and oxygen atoms in total. The number of hydrogen-bond donors (Lipinski definition) is 2. The first-order chi connectivity index (χ1) is 11.0. The van der Waals surface area contributed by atoms with Gasteiger partial charge < -0.3 is 16.0 Å². The monoisotopic (exact) mass is 315 g/mol. The number of benzene rings is 1. The number of carbonyl (C=O) groups is 2. The second-order valence-corrected chi connectivity index (χ2v) is 6.92. The van der Waals surface area contributed by atoms with E-state index in [0.29, 0.717) is 25.4 Å². The maximum Gasteiger partial charge on any atom is 0.239 e. The molecule has 0 bridgehead atoms. The summed E-state index contributed by atoms with van der Waals surface area (Å²) in [4.78, 5) is 26.6. The molecule has 1 aliphatic heterocycles. The third-order valence-electron chi connectivity index (χ3n) is 4.78. The van der Waals surface area contributed by atoms with Crippen molar-refractivity contribution >= 4 is 17.5 Å². The van der Waals surface area contributed by atoms with Crippen molar-refractivity contribution in [2.24, 2.45) is 17.6 Å². The molecule has 1 saturated heterocycles. The molecule has 124 valence electrons. The highest BCUT2D eigenvalue weighted by Gasteiger charge is 2.38. The van der Waals surface area contributed by atoms with Crippen LogP contribution in [0.2, 0.25) is 0 Å². The van der Waals surface area contributed by atoms with Gasteiger partial charge in [-0.1, -0.05) is 6.07 Å². The molecule has 1 aromatic carbocycles. The van der Waals surface area contributed by atoms with E-state index in [0.717, 1.165) is 29.7 Å². The molecule has 3 rings (SSSR count). The van der Waals surface area contributed by atoms with E-state index in [9.17, 15) is 9.59 Å². The van der Waals surface area contributed by atoms with Gasteiger partial charge in [-0.3, -0.25) is 9.59 Å². The molecule has 2 aliphatic rings. The Labute approximate surface area is 137 Å². The van der Waals surface area contributed by atoms with E-state index in [1.54, 1.807) is 4.90 Å². The minimum absolute atomic E-state index is 0.0194. The average Bonchev–Trinajstić information content (AvgIpc) is 3.26. The molecule has 5 heteroatoms. The number of nitrogens with two attached hydrogens (primary N) is 1. The Hall–Kier alpha value is -1.88. The first kappa shape index (κ1) is 16.0.